The molecule has 1 N–H and O–H groups in total. The molecule has 22 heavy (non-hydrogen) atoms. The second-order valence-electron chi connectivity index (χ2n) is 5.15. The van der Waals surface area contributed by atoms with Gasteiger partial charge in [-0.3, -0.25) is 4.90 Å². The molecule has 3 rings (SSSR count). The average molecular weight is 356 g/mol. The van der Waals surface area contributed by atoms with Gasteiger partial charge in [-0.05, 0) is 30.4 Å². The van der Waals surface area contributed by atoms with Crippen molar-refractivity contribution in [2.24, 2.45) is 0 Å². The molecular formula is C14H18ClN5S2. The number of rotatable bonds is 4. The first-order chi connectivity index (χ1) is 10.7. The second-order valence-corrected chi connectivity index (χ2v) is 7.21. The van der Waals surface area contributed by atoms with E-state index in [9.17, 15) is 0 Å². The van der Waals surface area contributed by atoms with Crippen molar-refractivity contribution in [3.8, 4) is 0 Å². The molecule has 8 heteroatoms. The Labute approximate surface area is 144 Å². The van der Waals surface area contributed by atoms with E-state index in [1.807, 2.05) is 29.9 Å². The zero-order valence-corrected chi connectivity index (χ0v) is 14.7. The Morgan fingerprint density at radius 2 is 2.09 bits per heavy atom. The molecule has 1 aliphatic heterocycles. The molecule has 0 aliphatic carbocycles. The van der Waals surface area contributed by atoms with Crippen molar-refractivity contribution in [3.05, 3.63) is 33.2 Å². The summed E-state index contributed by atoms with van der Waals surface area (Å²) < 4.78 is 2.70. The minimum atomic E-state index is 0.750. The van der Waals surface area contributed by atoms with Gasteiger partial charge in [0.25, 0.3) is 0 Å². The highest BCUT2D eigenvalue weighted by atomic mass is 35.5. The summed E-state index contributed by atoms with van der Waals surface area (Å²) in [5.74, 6) is 0. The molecule has 0 bridgehead atoms. The van der Waals surface area contributed by atoms with Gasteiger partial charge in [-0.15, -0.1) is 5.10 Å². The fraction of sp³-hybridized carbons (Fsp3) is 0.429. The molecular weight excluding hydrogens is 338 g/mol. The van der Waals surface area contributed by atoms with Gasteiger partial charge >= 0.3 is 0 Å². The van der Waals surface area contributed by atoms with Gasteiger partial charge in [-0.25, -0.2) is 4.68 Å². The average Bonchev–Trinajstić information content (AvgIpc) is 2.88. The highest BCUT2D eigenvalue weighted by molar-refractivity contribution is 7.73. The van der Waals surface area contributed by atoms with E-state index in [2.05, 4.69) is 26.3 Å². The molecule has 118 valence electrons. The fourth-order valence-electron chi connectivity index (χ4n) is 2.51. The SMILES string of the molecule is CNc1nn(CN2CCN(c3cccc(Cl)c3)CC2)c(=S)s1. The summed E-state index contributed by atoms with van der Waals surface area (Å²) >= 11 is 12.9. The van der Waals surface area contributed by atoms with E-state index in [4.69, 9.17) is 23.8 Å². The molecule has 2 aromatic rings. The number of hydrogen-bond acceptors (Lipinski definition) is 6. The normalized spacial score (nSPS) is 16.0. The molecule has 0 atom stereocenters. The first kappa shape index (κ1) is 15.7. The molecule has 1 saturated heterocycles. The number of nitrogens with one attached hydrogen (secondary N) is 1. The maximum absolute atomic E-state index is 6.07. The summed E-state index contributed by atoms with van der Waals surface area (Å²) in [4.78, 5) is 4.73. The van der Waals surface area contributed by atoms with E-state index in [-0.39, 0.29) is 0 Å². The van der Waals surface area contributed by atoms with Crippen LogP contribution in [0.2, 0.25) is 5.02 Å². The molecule has 1 aromatic heterocycles. The van der Waals surface area contributed by atoms with Crippen LogP contribution in [0.4, 0.5) is 10.8 Å². The summed E-state index contributed by atoms with van der Waals surface area (Å²) in [6.45, 7) is 4.69. The molecule has 0 spiro atoms. The van der Waals surface area contributed by atoms with Crippen molar-refractivity contribution in [2.45, 2.75) is 6.67 Å². The first-order valence-corrected chi connectivity index (χ1v) is 8.74. The molecule has 1 aromatic carbocycles. The summed E-state index contributed by atoms with van der Waals surface area (Å²) in [7, 11) is 1.86. The molecule has 0 unspecified atom stereocenters. The third kappa shape index (κ3) is 3.60. The van der Waals surface area contributed by atoms with Crippen LogP contribution in [0.25, 0.3) is 0 Å². The lowest BCUT2D eigenvalue weighted by molar-refractivity contribution is 0.195. The zero-order valence-electron chi connectivity index (χ0n) is 12.3. The largest absolute Gasteiger partial charge is 0.369 e. The number of aromatic nitrogens is 2. The Balaban J connectivity index is 1.59. The van der Waals surface area contributed by atoms with E-state index in [0.29, 0.717) is 0 Å². The van der Waals surface area contributed by atoms with Crippen molar-refractivity contribution in [1.29, 1.82) is 0 Å². The van der Waals surface area contributed by atoms with Crippen LogP contribution in [-0.2, 0) is 6.67 Å². The third-order valence-corrected chi connectivity index (χ3v) is 5.26. The number of hydrogen-bond donors (Lipinski definition) is 1. The van der Waals surface area contributed by atoms with Crippen LogP contribution in [0.15, 0.2) is 24.3 Å². The van der Waals surface area contributed by atoms with Crippen molar-refractivity contribution in [1.82, 2.24) is 14.7 Å². The standard InChI is InChI=1S/C14H18ClN5S2/c1-16-13-17-20(14(21)22-13)10-18-5-7-19(8-6-18)12-4-2-3-11(15)9-12/h2-4,9H,5-8,10H2,1H3,(H,16,17). The Morgan fingerprint density at radius 3 is 2.73 bits per heavy atom. The third-order valence-electron chi connectivity index (χ3n) is 3.70. The van der Waals surface area contributed by atoms with Crippen molar-refractivity contribution < 1.29 is 0 Å². The lowest BCUT2D eigenvalue weighted by Crippen LogP contribution is -2.46. The lowest BCUT2D eigenvalue weighted by Gasteiger charge is -2.35. The predicted octanol–water partition coefficient (Wildman–Crippen LogP) is 3.15. The summed E-state index contributed by atoms with van der Waals surface area (Å²) in [6, 6.07) is 8.03. The van der Waals surface area contributed by atoms with E-state index in [1.54, 1.807) is 0 Å². The molecule has 1 aliphatic rings. The minimum Gasteiger partial charge on any atom is -0.369 e. The van der Waals surface area contributed by atoms with Gasteiger partial charge in [0.1, 0.15) is 0 Å². The minimum absolute atomic E-state index is 0.750. The van der Waals surface area contributed by atoms with E-state index < -0.39 is 0 Å². The zero-order chi connectivity index (χ0) is 15.5. The van der Waals surface area contributed by atoms with E-state index in [0.717, 1.165) is 47.0 Å². The summed E-state index contributed by atoms with van der Waals surface area (Å²) in [5.41, 5.74) is 1.19. The van der Waals surface area contributed by atoms with Gasteiger partial charge in [0.05, 0.1) is 6.67 Å². The van der Waals surface area contributed by atoms with Crippen molar-refractivity contribution >= 4 is 46.0 Å². The molecule has 5 nitrogen and oxygen atoms in total. The molecule has 0 amide bonds. The topological polar surface area (TPSA) is 36.3 Å². The van der Waals surface area contributed by atoms with Gasteiger partial charge in [0.2, 0.25) is 5.13 Å². The van der Waals surface area contributed by atoms with Crippen LogP contribution < -0.4 is 10.2 Å². The Kier molecular flexibility index (Phi) is 4.97. The Bertz CT molecular complexity index is 691. The van der Waals surface area contributed by atoms with Crippen LogP contribution >= 0.6 is 35.2 Å². The van der Waals surface area contributed by atoms with Gasteiger partial charge < -0.3 is 10.2 Å². The van der Waals surface area contributed by atoms with E-state index in [1.165, 1.54) is 17.0 Å². The number of nitrogens with zero attached hydrogens (tertiary/aromatic N) is 4. The number of halogens is 1. The summed E-state index contributed by atoms with van der Waals surface area (Å²) in [6.07, 6.45) is 0. The highest BCUT2D eigenvalue weighted by Gasteiger charge is 2.18. The van der Waals surface area contributed by atoms with E-state index >= 15 is 0 Å². The van der Waals surface area contributed by atoms with Crippen LogP contribution in [0.1, 0.15) is 0 Å². The maximum atomic E-state index is 6.07. The monoisotopic (exact) mass is 355 g/mol. The Morgan fingerprint density at radius 1 is 1.32 bits per heavy atom. The van der Waals surface area contributed by atoms with Crippen LogP contribution in [0.5, 0.6) is 0 Å². The predicted molar refractivity (Wildman–Crippen MR) is 95.7 cm³/mol. The van der Waals surface area contributed by atoms with Crippen LogP contribution in [0, 0.1) is 3.95 Å². The smallest absolute Gasteiger partial charge is 0.204 e. The molecule has 0 saturated carbocycles. The second kappa shape index (κ2) is 6.95. The lowest BCUT2D eigenvalue weighted by atomic mass is 10.2. The van der Waals surface area contributed by atoms with Gasteiger partial charge in [0.15, 0.2) is 3.95 Å². The molecule has 0 radical (unpaired) electrons. The molecule has 2 heterocycles. The van der Waals surface area contributed by atoms with Gasteiger partial charge in [-0.1, -0.05) is 29.0 Å². The summed E-state index contributed by atoms with van der Waals surface area (Å²) in [5, 5.41) is 9.15. The first-order valence-electron chi connectivity index (χ1n) is 7.14. The fourth-order valence-corrected chi connectivity index (χ4v) is 3.64. The van der Waals surface area contributed by atoms with Crippen molar-refractivity contribution in [3.63, 3.8) is 0 Å². The highest BCUT2D eigenvalue weighted by Crippen LogP contribution is 2.21. The number of anilines is 2. The quantitative estimate of drug-likeness (QED) is 0.852. The van der Waals surface area contributed by atoms with Crippen LogP contribution in [0.3, 0.4) is 0 Å². The van der Waals surface area contributed by atoms with Crippen molar-refractivity contribution in [2.75, 3.05) is 43.4 Å². The maximum Gasteiger partial charge on any atom is 0.204 e. The van der Waals surface area contributed by atoms with Gasteiger partial charge in [0, 0.05) is 43.9 Å². The number of benzene rings is 1. The number of piperazine rings is 1. The Hall–Kier alpha value is -1.15. The van der Waals surface area contributed by atoms with Crippen LogP contribution in [-0.4, -0.2) is 47.9 Å². The van der Waals surface area contributed by atoms with Gasteiger partial charge in [-0.2, -0.15) is 0 Å². The molecule has 1 fully saturated rings.